The molecule has 0 aliphatic rings. The molecule has 1 unspecified atom stereocenters. The van der Waals surface area contributed by atoms with E-state index in [1.807, 2.05) is 13.8 Å². The van der Waals surface area contributed by atoms with Gasteiger partial charge in [-0.3, -0.25) is 4.57 Å². The highest BCUT2D eigenvalue weighted by Gasteiger charge is 2.14. The molecule has 2 aromatic rings. The smallest absolute Gasteiger partial charge is 0.210 e. The molecule has 0 bridgehead atoms. The number of rotatable bonds is 3. The lowest BCUT2D eigenvalue weighted by Crippen LogP contribution is -2.07. The van der Waals surface area contributed by atoms with Crippen LogP contribution in [0.5, 0.6) is 5.88 Å². The summed E-state index contributed by atoms with van der Waals surface area (Å²) >= 11 is 5.31. The molecule has 0 fully saturated rings. The Kier molecular flexibility index (Phi) is 3.52. The lowest BCUT2D eigenvalue weighted by molar-refractivity contribution is 0.405. The zero-order valence-electron chi connectivity index (χ0n) is 10.3. The molecule has 96 valence electrons. The standard InChI is InChI=1S/C13H15FN2OS/c1-3-15-8-12(17)16(13(15)18)9(2)10-4-6-11(14)7-5-10/h4-9,17H,3H2,1-2H3. The Balaban J connectivity index is 2.46. The van der Waals surface area contributed by atoms with Crippen molar-refractivity contribution in [1.82, 2.24) is 9.13 Å². The fourth-order valence-corrected chi connectivity index (χ4v) is 2.41. The van der Waals surface area contributed by atoms with Crippen molar-refractivity contribution in [3.8, 4) is 5.88 Å². The van der Waals surface area contributed by atoms with Crippen LogP contribution in [0, 0.1) is 10.6 Å². The fourth-order valence-electron chi connectivity index (χ4n) is 1.97. The van der Waals surface area contributed by atoms with E-state index in [1.165, 1.54) is 12.1 Å². The molecule has 0 saturated carbocycles. The van der Waals surface area contributed by atoms with Gasteiger partial charge in [0.15, 0.2) is 4.77 Å². The predicted molar refractivity (Wildman–Crippen MR) is 70.8 cm³/mol. The Labute approximate surface area is 110 Å². The number of aromatic nitrogens is 2. The summed E-state index contributed by atoms with van der Waals surface area (Å²) in [7, 11) is 0. The second-order valence-corrected chi connectivity index (χ2v) is 4.52. The summed E-state index contributed by atoms with van der Waals surface area (Å²) in [6.45, 7) is 4.58. The zero-order valence-corrected chi connectivity index (χ0v) is 11.1. The molecule has 18 heavy (non-hydrogen) atoms. The Hall–Kier alpha value is -1.62. The SMILES string of the molecule is CCn1cc(O)n(C(C)c2ccc(F)cc2)c1=S. The number of halogens is 1. The van der Waals surface area contributed by atoms with Gasteiger partial charge in [0.1, 0.15) is 5.82 Å². The molecule has 0 aliphatic carbocycles. The van der Waals surface area contributed by atoms with Crippen LogP contribution in [0.15, 0.2) is 30.5 Å². The average molecular weight is 266 g/mol. The van der Waals surface area contributed by atoms with Gasteiger partial charge in [0, 0.05) is 6.54 Å². The largest absolute Gasteiger partial charge is 0.493 e. The maximum atomic E-state index is 12.9. The summed E-state index contributed by atoms with van der Waals surface area (Å²) in [5, 5.41) is 9.93. The summed E-state index contributed by atoms with van der Waals surface area (Å²) in [6.07, 6.45) is 1.61. The van der Waals surface area contributed by atoms with E-state index in [0.29, 0.717) is 11.3 Å². The van der Waals surface area contributed by atoms with Gasteiger partial charge in [0.25, 0.3) is 0 Å². The van der Waals surface area contributed by atoms with Crippen LogP contribution in [0.2, 0.25) is 0 Å². The molecule has 3 nitrogen and oxygen atoms in total. The van der Waals surface area contributed by atoms with Crippen LogP contribution in [0.4, 0.5) is 4.39 Å². The van der Waals surface area contributed by atoms with E-state index < -0.39 is 0 Å². The van der Waals surface area contributed by atoms with Crippen LogP contribution in [0.25, 0.3) is 0 Å². The number of benzene rings is 1. The van der Waals surface area contributed by atoms with Crippen LogP contribution < -0.4 is 0 Å². The molecular formula is C13H15FN2OS. The van der Waals surface area contributed by atoms with E-state index >= 15 is 0 Å². The van der Waals surface area contributed by atoms with Crippen LogP contribution in [0.3, 0.4) is 0 Å². The van der Waals surface area contributed by atoms with Gasteiger partial charge in [0.05, 0.1) is 12.2 Å². The van der Waals surface area contributed by atoms with Crippen molar-refractivity contribution in [2.24, 2.45) is 0 Å². The summed E-state index contributed by atoms with van der Waals surface area (Å²) in [5.74, 6) is -0.149. The van der Waals surface area contributed by atoms with Crippen LogP contribution in [-0.4, -0.2) is 14.2 Å². The summed E-state index contributed by atoms with van der Waals surface area (Å²) < 4.78 is 16.9. The monoisotopic (exact) mass is 266 g/mol. The van der Waals surface area contributed by atoms with Crippen molar-refractivity contribution in [2.75, 3.05) is 0 Å². The number of nitrogens with zero attached hydrogens (tertiary/aromatic N) is 2. The first kappa shape index (κ1) is 12.8. The second-order valence-electron chi connectivity index (χ2n) is 4.15. The van der Waals surface area contributed by atoms with Gasteiger partial charge in [-0.15, -0.1) is 0 Å². The van der Waals surface area contributed by atoms with Crippen molar-refractivity contribution in [3.05, 3.63) is 46.6 Å². The van der Waals surface area contributed by atoms with E-state index in [1.54, 1.807) is 27.5 Å². The van der Waals surface area contributed by atoms with Crippen molar-refractivity contribution < 1.29 is 9.50 Å². The van der Waals surface area contributed by atoms with Crippen molar-refractivity contribution in [1.29, 1.82) is 0 Å². The molecule has 0 spiro atoms. The second kappa shape index (κ2) is 4.94. The molecule has 1 atom stereocenters. The average Bonchev–Trinajstić information content (AvgIpc) is 2.64. The summed E-state index contributed by atoms with van der Waals surface area (Å²) in [6, 6.07) is 6.08. The third-order valence-electron chi connectivity index (χ3n) is 3.05. The molecule has 2 rings (SSSR count). The van der Waals surface area contributed by atoms with Gasteiger partial charge >= 0.3 is 0 Å². The summed E-state index contributed by atoms with van der Waals surface area (Å²) in [4.78, 5) is 0. The van der Waals surface area contributed by atoms with E-state index in [2.05, 4.69) is 0 Å². The van der Waals surface area contributed by atoms with Gasteiger partial charge in [0.2, 0.25) is 5.88 Å². The molecule has 1 heterocycles. The number of imidazole rings is 1. The number of hydrogen-bond donors (Lipinski definition) is 1. The molecule has 0 radical (unpaired) electrons. The van der Waals surface area contributed by atoms with Gasteiger partial charge < -0.3 is 9.67 Å². The van der Waals surface area contributed by atoms with E-state index in [9.17, 15) is 9.50 Å². The quantitative estimate of drug-likeness (QED) is 0.862. The van der Waals surface area contributed by atoms with Crippen LogP contribution in [0.1, 0.15) is 25.5 Å². The van der Waals surface area contributed by atoms with E-state index in [-0.39, 0.29) is 17.7 Å². The van der Waals surface area contributed by atoms with Crippen LogP contribution >= 0.6 is 12.2 Å². The highest BCUT2D eigenvalue weighted by molar-refractivity contribution is 7.71. The molecule has 1 aromatic heterocycles. The van der Waals surface area contributed by atoms with Gasteiger partial charge in [-0.05, 0) is 43.8 Å². The minimum Gasteiger partial charge on any atom is -0.493 e. The number of aryl methyl sites for hydroxylation is 1. The fraction of sp³-hybridized carbons (Fsp3) is 0.308. The minimum atomic E-state index is -0.273. The van der Waals surface area contributed by atoms with Gasteiger partial charge in [-0.25, -0.2) is 4.39 Å². The maximum Gasteiger partial charge on any atom is 0.210 e. The maximum absolute atomic E-state index is 12.9. The Morgan fingerprint density at radius 1 is 1.33 bits per heavy atom. The Morgan fingerprint density at radius 2 is 1.94 bits per heavy atom. The highest BCUT2D eigenvalue weighted by atomic mass is 32.1. The lowest BCUT2D eigenvalue weighted by atomic mass is 10.1. The van der Waals surface area contributed by atoms with Crippen molar-refractivity contribution in [2.45, 2.75) is 26.4 Å². The van der Waals surface area contributed by atoms with E-state index in [0.717, 1.165) is 5.56 Å². The molecule has 1 N–H and O–H groups in total. The topological polar surface area (TPSA) is 30.1 Å². The van der Waals surface area contributed by atoms with Crippen molar-refractivity contribution in [3.63, 3.8) is 0 Å². The number of aromatic hydroxyl groups is 1. The van der Waals surface area contributed by atoms with Crippen molar-refractivity contribution >= 4 is 12.2 Å². The first-order valence-corrected chi connectivity index (χ1v) is 6.21. The summed E-state index contributed by atoms with van der Waals surface area (Å²) in [5.41, 5.74) is 0.900. The normalized spacial score (nSPS) is 12.6. The van der Waals surface area contributed by atoms with E-state index in [4.69, 9.17) is 12.2 Å². The first-order valence-electron chi connectivity index (χ1n) is 5.80. The molecule has 1 aromatic carbocycles. The van der Waals surface area contributed by atoms with Crippen LogP contribution in [-0.2, 0) is 6.54 Å². The molecule has 5 heteroatoms. The Morgan fingerprint density at radius 3 is 2.44 bits per heavy atom. The number of hydrogen-bond acceptors (Lipinski definition) is 2. The molecule has 0 saturated heterocycles. The lowest BCUT2D eigenvalue weighted by Gasteiger charge is -2.14. The third kappa shape index (κ3) is 2.18. The predicted octanol–water partition coefficient (Wildman–Crippen LogP) is 3.49. The molecular weight excluding hydrogens is 251 g/mol. The molecule has 0 amide bonds. The minimum absolute atomic E-state index is 0.124. The first-order chi connectivity index (χ1) is 8.54. The third-order valence-corrected chi connectivity index (χ3v) is 3.48. The highest BCUT2D eigenvalue weighted by Crippen LogP contribution is 2.25. The molecule has 0 aliphatic heterocycles. The van der Waals surface area contributed by atoms with Gasteiger partial charge in [-0.2, -0.15) is 0 Å². The zero-order chi connectivity index (χ0) is 13.3. The Bertz CT molecular complexity index is 600. The van der Waals surface area contributed by atoms with Gasteiger partial charge in [-0.1, -0.05) is 12.1 Å².